The minimum absolute atomic E-state index is 0.00497. The predicted molar refractivity (Wildman–Crippen MR) is 75.5 cm³/mol. The zero-order valence-corrected chi connectivity index (χ0v) is 12.5. The molecular formula is C14H21NO3S. The molecule has 19 heavy (non-hydrogen) atoms. The van der Waals surface area contributed by atoms with E-state index in [4.69, 9.17) is 0 Å². The SMILES string of the molecule is CCCNS(=O)(=O)c1ccc(CC(=O)C(C)C)cc1. The molecule has 0 saturated heterocycles. The van der Waals surface area contributed by atoms with E-state index < -0.39 is 10.0 Å². The van der Waals surface area contributed by atoms with Gasteiger partial charge in [0.2, 0.25) is 10.0 Å². The molecule has 0 spiro atoms. The van der Waals surface area contributed by atoms with Crippen LogP contribution in [0.4, 0.5) is 0 Å². The highest BCUT2D eigenvalue weighted by Crippen LogP contribution is 2.12. The minimum Gasteiger partial charge on any atom is -0.299 e. The molecular weight excluding hydrogens is 262 g/mol. The van der Waals surface area contributed by atoms with Crippen LogP contribution in [0.2, 0.25) is 0 Å². The van der Waals surface area contributed by atoms with Crippen LogP contribution in [0, 0.1) is 5.92 Å². The Bertz CT molecular complexity index is 518. The summed E-state index contributed by atoms with van der Waals surface area (Å²) in [5, 5.41) is 0. The molecule has 0 unspecified atom stereocenters. The molecule has 0 fully saturated rings. The first-order chi connectivity index (χ1) is 8.86. The van der Waals surface area contributed by atoms with Crippen LogP contribution in [0.5, 0.6) is 0 Å². The first-order valence-corrected chi connectivity index (χ1v) is 7.96. The maximum atomic E-state index is 11.9. The van der Waals surface area contributed by atoms with Crippen molar-refractivity contribution in [3.8, 4) is 0 Å². The lowest BCUT2D eigenvalue weighted by Crippen LogP contribution is -2.24. The van der Waals surface area contributed by atoms with Crippen LogP contribution in [-0.2, 0) is 21.2 Å². The zero-order valence-electron chi connectivity index (χ0n) is 11.6. The molecule has 0 atom stereocenters. The van der Waals surface area contributed by atoms with Crippen LogP contribution in [-0.4, -0.2) is 20.7 Å². The number of hydrogen-bond donors (Lipinski definition) is 1. The van der Waals surface area contributed by atoms with E-state index in [0.29, 0.717) is 13.0 Å². The summed E-state index contributed by atoms with van der Waals surface area (Å²) in [6.07, 6.45) is 1.10. The standard InChI is InChI=1S/C14H21NO3S/c1-4-9-15-19(17,18)13-7-5-12(6-8-13)10-14(16)11(2)3/h5-8,11,15H,4,9-10H2,1-3H3. The first-order valence-electron chi connectivity index (χ1n) is 6.48. The second-order valence-electron chi connectivity index (χ2n) is 4.84. The van der Waals surface area contributed by atoms with E-state index in [1.807, 2.05) is 20.8 Å². The van der Waals surface area contributed by atoms with Gasteiger partial charge < -0.3 is 0 Å². The Morgan fingerprint density at radius 2 is 1.79 bits per heavy atom. The fraction of sp³-hybridized carbons (Fsp3) is 0.500. The molecule has 5 heteroatoms. The molecule has 0 aliphatic heterocycles. The highest BCUT2D eigenvalue weighted by molar-refractivity contribution is 7.89. The van der Waals surface area contributed by atoms with Gasteiger partial charge in [0, 0.05) is 18.9 Å². The summed E-state index contributed by atoms with van der Waals surface area (Å²) in [7, 11) is -3.42. The van der Waals surface area contributed by atoms with Crippen molar-refractivity contribution in [3.63, 3.8) is 0 Å². The molecule has 0 aromatic heterocycles. The van der Waals surface area contributed by atoms with Gasteiger partial charge in [-0.25, -0.2) is 13.1 Å². The Hall–Kier alpha value is -1.20. The van der Waals surface area contributed by atoms with E-state index in [-0.39, 0.29) is 16.6 Å². The molecule has 1 rings (SSSR count). The summed E-state index contributed by atoms with van der Waals surface area (Å²) < 4.78 is 26.2. The van der Waals surface area contributed by atoms with Gasteiger partial charge in [0.15, 0.2) is 0 Å². The topological polar surface area (TPSA) is 63.2 Å². The third-order valence-corrected chi connectivity index (χ3v) is 4.27. The fourth-order valence-corrected chi connectivity index (χ4v) is 2.65. The molecule has 0 saturated carbocycles. The van der Waals surface area contributed by atoms with Gasteiger partial charge in [-0.3, -0.25) is 4.79 Å². The summed E-state index contributed by atoms with van der Waals surface area (Å²) in [4.78, 5) is 11.8. The van der Waals surface area contributed by atoms with Crippen molar-refractivity contribution in [1.82, 2.24) is 4.72 Å². The Kier molecular flexibility index (Phi) is 5.69. The molecule has 0 heterocycles. The van der Waals surface area contributed by atoms with Gasteiger partial charge in [-0.15, -0.1) is 0 Å². The molecule has 0 amide bonds. The van der Waals surface area contributed by atoms with Gasteiger partial charge in [-0.2, -0.15) is 0 Å². The Morgan fingerprint density at radius 3 is 2.26 bits per heavy atom. The highest BCUT2D eigenvalue weighted by atomic mass is 32.2. The van der Waals surface area contributed by atoms with Crippen molar-refractivity contribution >= 4 is 15.8 Å². The van der Waals surface area contributed by atoms with Crippen molar-refractivity contribution in [2.75, 3.05) is 6.54 Å². The van der Waals surface area contributed by atoms with Crippen LogP contribution in [0.1, 0.15) is 32.8 Å². The Labute approximate surface area is 115 Å². The van der Waals surface area contributed by atoms with Crippen LogP contribution in [0.15, 0.2) is 29.2 Å². The number of carbonyl (C=O) groups excluding carboxylic acids is 1. The van der Waals surface area contributed by atoms with Gasteiger partial charge in [-0.05, 0) is 24.1 Å². The van der Waals surface area contributed by atoms with Gasteiger partial charge in [0.25, 0.3) is 0 Å². The van der Waals surface area contributed by atoms with Crippen LogP contribution in [0.3, 0.4) is 0 Å². The van der Waals surface area contributed by atoms with E-state index in [2.05, 4.69) is 4.72 Å². The second kappa shape index (κ2) is 6.82. The number of benzene rings is 1. The van der Waals surface area contributed by atoms with Crippen molar-refractivity contribution in [2.45, 2.75) is 38.5 Å². The highest BCUT2D eigenvalue weighted by Gasteiger charge is 2.13. The number of ketones is 1. The normalized spacial score (nSPS) is 11.8. The maximum absolute atomic E-state index is 11.9. The molecule has 4 nitrogen and oxygen atoms in total. The van der Waals surface area contributed by atoms with Gasteiger partial charge in [0.05, 0.1) is 4.90 Å². The number of carbonyl (C=O) groups is 1. The third kappa shape index (κ3) is 4.76. The molecule has 1 N–H and O–H groups in total. The molecule has 1 aromatic rings. The molecule has 0 aliphatic carbocycles. The van der Waals surface area contributed by atoms with Crippen molar-refractivity contribution in [3.05, 3.63) is 29.8 Å². The smallest absolute Gasteiger partial charge is 0.240 e. The summed E-state index contributed by atoms with van der Waals surface area (Å²) in [5.74, 6) is 0.148. The average molecular weight is 283 g/mol. The zero-order chi connectivity index (χ0) is 14.5. The van der Waals surface area contributed by atoms with Crippen LogP contribution in [0.25, 0.3) is 0 Å². The second-order valence-corrected chi connectivity index (χ2v) is 6.61. The summed E-state index contributed by atoms with van der Waals surface area (Å²) in [6.45, 7) is 6.05. The van der Waals surface area contributed by atoms with Gasteiger partial charge >= 0.3 is 0 Å². The quantitative estimate of drug-likeness (QED) is 0.834. The van der Waals surface area contributed by atoms with E-state index >= 15 is 0 Å². The number of nitrogens with one attached hydrogen (secondary N) is 1. The lowest BCUT2D eigenvalue weighted by molar-refractivity contribution is -0.121. The van der Waals surface area contributed by atoms with Crippen molar-refractivity contribution < 1.29 is 13.2 Å². The number of hydrogen-bond acceptors (Lipinski definition) is 3. The van der Waals surface area contributed by atoms with Gasteiger partial charge in [0.1, 0.15) is 5.78 Å². The minimum atomic E-state index is -3.42. The number of Topliss-reactive ketones (excluding diaryl/α,β-unsaturated/α-hetero) is 1. The maximum Gasteiger partial charge on any atom is 0.240 e. The molecule has 0 radical (unpaired) electrons. The van der Waals surface area contributed by atoms with Crippen molar-refractivity contribution in [1.29, 1.82) is 0 Å². The predicted octanol–water partition coefficient (Wildman–Crippen LogP) is 2.14. The van der Waals surface area contributed by atoms with E-state index in [9.17, 15) is 13.2 Å². The summed E-state index contributed by atoms with van der Waals surface area (Å²) in [5.41, 5.74) is 0.841. The summed E-state index contributed by atoms with van der Waals surface area (Å²) >= 11 is 0. The Balaban J connectivity index is 2.79. The number of sulfonamides is 1. The largest absolute Gasteiger partial charge is 0.299 e. The first kappa shape index (κ1) is 15.9. The molecule has 0 bridgehead atoms. The molecule has 106 valence electrons. The van der Waals surface area contributed by atoms with Crippen LogP contribution < -0.4 is 4.72 Å². The number of rotatable bonds is 7. The van der Waals surface area contributed by atoms with E-state index in [1.54, 1.807) is 24.3 Å². The van der Waals surface area contributed by atoms with Gasteiger partial charge in [-0.1, -0.05) is 32.9 Å². The average Bonchev–Trinajstić information content (AvgIpc) is 2.37. The lowest BCUT2D eigenvalue weighted by Gasteiger charge is -2.07. The summed E-state index contributed by atoms with van der Waals surface area (Å²) in [6, 6.07) is 6.48. The van der Waals surface area contributed by atoms with E-state index in [1.165, 1.54) is 0 Å². The van der Waals surface area contributed by atoms with Crippen LogP contribution >= 0.6 is 0 Å². The molecule has 0 aliphatic rings. The fourth-order valence-electron chi connectivity index (χ4n) is 1.51. The molecule has 1 aromatic carbocycles. The monoisotopic (exact) mass is 283 g/mol. The van der Waals surface area contributed by atoms with Crippen molar-refractivity contribution in [2.24, 2.45) is 5.92 Å². The third-order valence-electron chi connectivity index (χ3n) is 2.80. The van der Waals surface area contributed by atoms with E-state index in [0.717, 1.165) is 12.0 Å². The Morgan fingerprint density at radius 1 is 1.21 bits per heavy atom. The lowest BCUT2D eigenvalue weighted by atomic mass is 10.0.